The van der Waals surface area contributed by atoms with Gasteiger partial charge in [0.1, 0.15) is 39.5 Å². The highest BCUT2D eigenvalue weighted by Gasteiger charge is 2.46. The molecule has 0 saturated heterocycles. The van der Waals surface area contributed by atoms with E-state index in [1.54, 1.807) is 0 Å². The Labute approximate surface area is 235 Å². The summed E-state index contributed by atoms with van der Waals surface area (Å²) in [5, 5.41) is 4.27. The molecule has 0 radical (unpaired) electrons. The van der Waals surface area contributed by atoms with Crippen molar-refractivity contribution in [1.29, 1.82) is 0 Å². The van der Waals surface area contributed by atoms with Crippen molar-refractivity contribution in [1.82, 2.24) is 0 Å². The lowest BCUT2D eigenvalue weighted by Crippen LogP contribution is -2.35. The van der Waals surface area contributed by atoms with Gasteiger partial charge in [0, 0.05) is 16.3 Å². The summed E-state index contributed by atoms with van der Waals surface area (Å²) in [5.74, 6) is 2.39. The van der Waals surface area contributed by atoms with Crippen molar-refractivity contribution in [3.05, 3.63) is 127 Å². The Bertz CT molecular complexity index is 2170. The number of para-hydroxylation sites is 4. The average molecular weight is 549 g/mol. The molecule has 41 heavy (non-hydrogen) atoms. The summed E-state index contributed by atoms with van der Waals surface area (Å²) in [7, 11) is -3.17. The first-order valence-corrected chi connectivity index (χ1v) is 15.2. The highest BCUT2D eigenvalue weighted by atomic mass is 31.2. The minimum atomic E-state index is -3.17. The molecule has 194 valence electrons. The summed E-state index contributed by atoms with van der Waals surface area (Å²) in [6.45, 7) is 0. The van der Waals surface area contributed by atoms with E-state index >= 15 is 0 Å². The maximum absolute atomic E-state index is 15.0. The van der Waals surface area contributed by atoms with E-state index in [9.17, 15) is 4.57 Å². The van der Waals surface area contributed by atoms with E-state index in [2.05, 4.69) is 48.5 Å². The molecule has 4 nitrogen and oxygen atoms in total. The fourth-order valence-electron chi connectivity index (χ4n) is 6.25. The number of benzene rings is 6. The highest BCUT2D eigenvalue weighted by Crippen LogP contribution is 2.58. The van der Waals surface area contributed by atoms with Crippen LogP contribution in [0.4, 0.5) is 0 Å². The largest absolute Gasteiger partial charge is 0.456 e. The van der Waals surface area contributed by atoms with Crippen molar-refractivity contribution in [3.63, 3.8) is 0 Å². The zero-order chi connectivity index (χ0) is 27.1. The van der Waals surface area contributed by atoms with Crippen LogP contribution in [0, 0.1) is 0 Å². The molecular formula is C36H21O4P. The monoisotopic (exact) mass is 548 g/mol. The van der Waals surface area contributed by atoms with E-state index in [-0.39, 0.29) is 0 Å². The first-order chi connectivity index (χ1) is 20.2. The third-order valence-corrected chi connectivity index (χ3v) is 11.3. The Morgan fingerprint density at radius 1 is 0.488 bits per heavy atom. The van der Waals surface area contributed by atoms with E-state index in [1.165, 1.54) is 0 Å². The van der Waals surface area contributed by atoms with E-state index in [4.69, 9.17) is 13.9 Å². The molecule has 0 spiro atoms. The molecule has 5 heteroatoms. The van der Waals surface area contributed by atoms with Crippen LogP contribution in [-0.4, -0.2) is 0 Å². The molecule has 7 aromatic rings. The Morgan fingerprint density at radius 3 is 1.78 bits per heavy atom. The quantitative estimate of drug-likeness (QED) is 0.203. The van der Waals surface area contributed by atoms with Gasteiger partial charge in [-0.1, -0.05) is 84.9 Å². The van der Waals surface area contributed by atoms with Gasteiger partial charge in [-0.2, -0.15) is 0 Å². The van der Waals surface area contributed by atoms with Gasteiger partial charge >= 0.3 is 0 Å². The lowest BCUT2D eigenvalue weighted by Gasteiger charge is -2.34. The summed E-state index contributed by atoms with van der Waals surface area (Å²) in [4.78, 5) is 0. The van der Waals surface area contributed by atoms with Crippen molar-refractivity contribution in [2.24, 2.45) is 0 Å². The SMILES string of the molecule is O=P12c3ccccc3Oc3cc(-c4ccc(-c5cccc6c5oc5ccccc56)cc4)cc(c31)Oc1ccccc12. The topological polar surface area (TPSA) is 48.7 Å². The van der Waals surface area contributed by atoms with Crippen molar-refractivity contribution < 1.29 is 18.5 Å². The summed E-state index contributed by atoms with van der Waals surface area (Å²) in [6, 6.07) is 42.0. The van der Waals surface area contributed by atoms with Gasteiger partial charge in [0.2, 0.25) is 0 Å². The lowest BCUT2D eigenvalue weighted by molar-refractivity contribution is 0.462. The van der Waals surface area contributed by atoms with E-state index in [0.717, 1.165) is 44.2 Å². The summed E-state index contributed by atoms with van der Waals surface area (Å²) in [5.41, 5.74) is 5.82. The summed E-state index contributed by atoms with van der Waals surface area (Å²) in [6.07, 6.45) is 0. The van der Waals surface area contributed by atoms with E-state index in [1.807, 2.05) is 78.9 Å². The van der Waals surface area contributed by atoms with Gasteiger partial charge in [0.15, 0.2) is 7.14 Å². The van der Waals surface area contributed by atoms with Gasteiger partial charge in [0.05, 0.1) is 10.6 Å². The molecule has 0 amide bonds. The molecule has 2 aliphatic rings. The maximum atomic E-state index is 15.0. The molecule has 0 saturated carbocycles. The van der Waals surface area contributed by atoms with Gasteiger partial charge in [-0.05, 0) is 59.2 Å². The predicted molar refractivity (Wildman–Crippen MR) is 164 cm³/mol. The molecule has 0 atom stereocenters. The van der Waals surface area contributed by atoms with E-state index < -0.39 is 7.14 Å². The average Bonchev–Trinajstić information content (AvgIpc) is 3.40. The minimum Gasteiger partial charge on any atom is -0.456 e. The lowest BCUT2D eigenvalue weighted by atomic mass is 9.98. The predicted octanol–water partition coefficient (Wildman–Crippen LogP) is 8.77. The van der Waals surface area contributed by atoms with Crippen molar-refractivity contribution in [2.75, 3.05) is 0 Å². The standard InChI is InChI=1S/C36H21O4P/c37-41-33-14-5-3-12-29(33)38-31-20-24(21-32(36(31)41)39-30-13-4-6-15-34(30)41)22-16-18-23(19-17-22)25-9-7-10-27-26-8-1-2-11-28(26)40-35(25)27/h1-21H. The molecule has 0 unspecified atom stereocenters. The Morgan fingerprint density at radius 2 is 1.07 bits per heavy atom. The van der Waals surface area contributed by atoms with Crippen molar-refractivity contribution in [2.45, 2.75) is 0 Å². The van der Waals surface area contributed by atoms with Crippen LogP contribution in [0.1, 0.15) is 0 Å². The molecule has 0 bridgehead atoms. The fraction of sp³-hybridized carbons (Fsp3) is 0. The molecular weight excluding hydrogens is 527 g/mol. The van der Waals surface area contributed by atoms with Gasteiger partial charge < -0.3 is 18.5 Å². The summed E-state index contributed by atoms with van der Waals surface area (Å²) < 4.78 is 34.0. The number of hydrogen-bond donors (Lipinski definition) is 0. The van der Waals surface area contributed by atoms with Crippen LogP contribution in [0.3, 0.4) is 0 Å². The second-order valence-electron chi connectivity index (χ2n) is 10.4. The van der Waals surface area contributed by atoms with Gasteiger partial charge in [0.25, 0.3) is 0 Å². The number of fused-ring (bicyclic) bond motifs is 7. The van der Waals surface area contributed by atoms with Crippen LogP contribution in [0.5, 0.6) is 23.0 Å². The Kier molecular flexibility index (Phi) is 4.57. The Balaban J connectivity index is 1.18. The first-order valence-electron chi connectivity index (χ1n) is 13.5. The molecule has 9 rings (SSSR count). The smallest absolute Gasteiger partial charge is 0.185 e. The molecule has 0 aliphatic carbocycles. The van der Waals surface area contributed by atoms with Crippen LogP contribution in [0.2, 0.25) is 0 Å². The highest BCUT2D eigenvalue weighted by molar-refractivity contribution is 7.86. The Hall–Kier alpha value is -5.05. The second-order valence-corrected chi connectivity index (χ2v) is 13.1. The molecule has 0 fully saturated rings. The fourth-order valence-corrected chi connectivity index (χ4v) is 9.28. The third kappa shape index (κ3) is 3.14. The van der Waals surface area contributed by atoms with Gasteiger partial charge in [-0.3, -0.25) is 0 Å². The zero-order valence-corrected chi connectivity index (χ0v) is 22.6. The van der Waals surface area contributed by atoms with E-state index in [0.29, 0.717) is 38.9 Å². The molecule has 3 heterocycles. The number of hydrogen-bond acceptors (Lipinski definition) is 4. The second kappa shape index (κ2) is 8.23. The maximum Gasteiger partial charge on any atom is 0.185 e. The number of rotatable bonds is 2. The van der Waals surface area contributed by atoms with Gasteiger partial charge in [-0.25, -0.2) is 0 Å². The first kappa shape index (κ1) is 22.7. The summed E-state index contributed by atoms with van der Waals surface area (Å²) >= 11 is 0. The molecule has 0 N–H and O–H groups in total. The molecule has 6 aromatic carbocycles. The number of ether oxygens (including phenoxy) is 2. The van der Waals surface area contributed by atoms with Crippen LogP contribution < -0.4 is 25.4 Å². The third-order valence-electron chi connectivity index (χ3n) is 8.14. The minimum absolute atomic E-state index is 0.574. The van der Waals surface area contributed by atoms with Crippen LogP contribution in [0.25, 0.3) is 44.2 Å². The zero-order valence-electron chi connectivity index (χ0n) is 21.7. The molecule has 2 aliphatic heterocycles. The van der Waals surface area contributed by atoms with Crippen LogP contribution in [0.15, 0.2) is 132 Å². The van der Waals surface area contributed by atoms with Crippen LogP contribution in [-0.2, 0) is 4.57 Å². The van der Waals surface area contributed by atoms with Crippen molar-refractivity contribution >= 4 is 45.0 Å². The number of furan rings is 1. The normalized spacial score (nSPS) is 14.0. The molecule has 1 aromatic heterocycles. The van der Waals surface area contributed by atoms with Gasteiger partial charge in [-0.15, -0.1) is 0 Å². The van der Waals surface area contributed by atoms with Crippen molar-refractivity contribution in [3.8, 4) is 45.3 Å². The van der Waals surface area contributed by atoms with Crippen LogP contribution >= 0.6 is 7.14 Å².